The van der Waals surface area contributed by atoms with E-state index in [1.807, 2.05) is 0 Å². The summed E-state index contributed by atoms with van der Waals surface area (Å²) in [5.74, 6) is -0.329. The molecule has 0 radical (unpaired) electrons. The first kappa shape index (κ1) is 21.7. The van der Waals surface area contributed by atoms with Crippen molar-refractivity contribution in [3.8, 4) is 0 Å². The lowest BCUT2D eigenvalue weighted by molar-refractivity contribution is 0.0527. The standard InChI is InChI=1S/C18H28F2N4O2/c1-18(2,3)26-17(25)24-10-5-9-22-16(21-4)23-11-8-13-12-14(19)6-7-15(13)20/h6-7,12H,5,8-11H2,1-4H3,(H,24,25)(H2,21,22,23). The van der Waals surface area contributed by atoms with Crippen LogP contribution >= 0.6 is 0 Å². The van der Waals surface area contributed by atoms with Crippen molar-refractivity contribution in [2.75, 3.05) is 26.7 Å². The van der Waals surface area contributed by atoms with E-state index in [2.05, 4.69) is 20.9 Å². The topological polar surface area (TPSA) is 74.8 Å². The minimum Gasteiger partial charge on any atom is -0.444 e. The van der Waals surface area contributed by atoms with Gasteiger partial charge in [0.25, 0.3) is 0 Å². The number of nitrogens with zero attached hydrogens (tertiary/aromatic N) is 1. The number of nitrogens with one attached hydrogen (secondary N) is 3. The molecule has 26 heavy (non-hydrogen) atoms. The van der Waals surface area contributed by atoms with E-state index in [1.54, 1.807) is 27.8 Å². The van der Waals surface area contributed by atoms with Gasteiger partial charge in [-0.05, 0) is 57.4 Å². The fourth-order valence-electron chi connectivity index (χ4n) is 2.07. The van der Waals surface area contributed by atoms with Gasteiger partial charge in [-0.2, -0.15) is 0 Å². The van der Waals surface area contributed by atoms with Gasteiger partial charge in [0, 0.05) is 26.7 Å². The highest BCUT2D eigenvalue weighted by Gasteiger charge is 2.15. The van der Waals surface area contributed by atoms with E-state index in [0.717, 1.165) is 12.1 Å². The molecule has 0 unspecified atom stereocenters. The van der Waals surface area contributed by atoms with Crippen LogP contribution in [0.1, 0.15) is 32.8 Å². The summed E-state index contributed by atoms with van der Waals surface area (Å²) in [7, 11) is 1.62. The normalized spacial score (nSPS) is 11.8. The first-order valence-corrected chi connectivity index (χ1v) is 8.56. The zero-order valence-electron chi connectivity index (χ0n) is 15.8. The minimum absolute atomic E-state index is 0.314. The number of benzene rings is 1. The molecule has 0 spiro atoms. The van der Waals surface area contributed by atoms with Crippen molar-refractivity contribution in [1.82, 2.24) is 16.0 Å². The Balaban J connectivity index is 2.21. The third kappa shape index (κ3) is 9.19. The summed E-state index contributed by atoms with van der Waals surface area (Å²) in [6.07, 6.45) is 0.570. The van der Waals surface area contributed by atoms with Crippen LogP contribution in [0.15, 0.2) is 23.2 Å². The van der Waals surface area contributed by atoms with Crippen LogP contribution in [0.25, 0.3) is 0 Å². The van der Waals surface area contributed by atoms with E-state index < -0.39 is 23.3 Å². The van der Waals surface area contributed by atoms with Crippen LogP contribution in [0, 0.1) is 11.6 Å². The number of guanidine groups is 1. The molecule has 3 N–H and O–H groups in total. The van der Waals surface area contributed by atoms with Crippen molar-refractivity contribution in [3.05, 3.63) is 35.4 Å². The Morgan fingerprint density at radius 1 is 1.12 bits per heavy atom. The highest BCUT2D eigenvalue weighted by Crippen LogP contribution is 2.09. The number of aliphatic imine (C=N–C) groups is 1. The fraction of sp³-hybridized carbons (Fsp3) is 0.556. The number of carbonyl (C=O) groups is 1. The van der Waals surface area contributed by atoms with Crippen molar-refractivity contribution in [3.63, 3.8) is 0 Å². The number of hydrogen-bond acceptors (Lipinski definition) is 3. The fourth-order valence-corrected chi connectivity index (χ4v) is 2.07. The van der Waals surface area contributed by atoms with Crippen LogP contribution in [0.4, 0.5) is 13.6 Å². The first-order valence-electron chi connectivity index (χ1n) is 8.56. The van der Waals surface area contributed by atoms with Gasteiger partial charge in [0.1, 0.15) is 17.2 Å². The molecular formula is C18H28F2N4O2. The van der Waals surface area contributed by atoms with E-state index in [-0.39, 0.29) is 0 Å². The van der Waals surface area contributed by atoms with Gasteiger partial charge in [0.2, 0.25) is 0 Å². The van der Waals surface area contributed by atoms with Gasteiger partial charge in [-0.25, -0.2) is 13.6 Å². The van der Waals surface area contributed by atoms with E-state index in [1.165, 1.54) is 6.07 Å². The second kappa shape index (κ2) is 10.6. The summed E-state index contributed by atoms with van der Waals surface area (Å²) in [5.41, 5.74) is -0.204. The summed E-state index contributed by atoms with van der Waals surface area (Å²) in [6.45, 7) is 6.88. The van der Waals surface area contributed by atoms with Gasteiger partial charge in [-0.15, -0.1) is 0 Å². The minimum atomic E-state index is -0.518. The maximum absolute atomic E-state index is 13.5. The highest BCUT2D eigenvalue weighted by molar-refractivity contribution is 5.79. The number of alkyl carbamates (subject to hydrolysis) is 1. The largest absolute Gasteiger partial charge is 0.444 e. The third-order valence-electron chi connectivity index (χ3n) is 3.23. The Labute approximate surface area is 153 Å². The van der Waals surface area contributed by atoms with Gasteiger partial charge in [-0.3, -0.25) is 4.99 Å². The monoisotopic (exact) mass is 370 g/mol. The molecule has 1 rings (SSSR count). The molecule has 0 fully saturated rings. The van der Waals surface area contributed by atoms with Crippen molar-refractivity contribution < 1.29 is 18.3 Å². The van der Waals surface area contributed by atoms with E-state index in [9.17, 15) is 13.6 Å². The molecule has 0 aliphatic carbocycles. The molecule has 0 bridgehead atoms. The number of carbonyl (C=O) groups excluding carboxylic acids is 1. The number of halogens is 2. The molecule has 6 nitrogen and oxygen atoms in total. The lowest BCUT2D eigenvalue weighted by Gasteiger charge is -2.19. The van der Waals surface area contributed by atoms with Gasteiger partial charge < -0.3 is 20.7 Å². The average Bonchev–Trinajstić information content (AvgIpc) is 2.54. The first-order chi connectivity index (χ1) is 12.2. The predicted octanol–water partition coefficient (Wildman–Crippen LogP) is 2.59. The summed E-state index contributed by atoms with van der Waals surface area (Å²) >= 11 is 0. The van der Waals surface area contributed by atoms with Gasteiger partial charge in [-0.1, -0.05) is 0 Å². The van der Waals surface area contributed by atoms with Crippen molar-refractivity contribution in [1.29, 1.82) is 0 Å². The number of ether oxygens (including phenoxy) is 1. The van der Waals surface area contributed by atoms with E-state index in [0.29, 0.717) is 44.0 Å². The molecular weight excluding hydrogens is 342 g/mol. The predicted molar refractivity (Wildman–Crippen MR) is 98.3 cm³/mol. The molecule has 1 aromatic rings. The van der Waals surface area contributed by atoms with E-state index >= 15 is 0 Å². The van der Waals surface area contributed by atoms with Crippen LogP contribution in [0.2, 0.25) is 0 Å². The number of hydrogen-bond donors (Lipinski definition) is 3. The van der Waals surface area contributed by atoms with Crippen LogP contribution in [0.3, 0.4) is 0 Å². The number of rotatable bonds is 7. The van der Waals surface area contributed by atoms with Crippen LogP contribution < -0.4 is 16.0 Å². The molecule has 0 saturated carbocycles. The molecule has 0 aliphatic rings. The molecule has 0 atom stereocenters. The Morgan fingerprint density at radius 3 is 2.42 bits per heavy atom. The zero-order valence-corrected chi connectivity index (χ0v) is 15.8. The molecule has 0 aromatic heterocycles. The van der Waals surface area contributed by atoms with Crippen molar-refractivity contribution in [2.45, 2.75) is 39.2 Å². The highest BCUT2D eigenvalue weighted by atomic mass is 19.1. The molecule has 0 aliphatic heterocycles. The smallest absolute Gasteiger partial charge is 0.407 e. The Kier molecular flexibility index (Phi) is 8.81. The Morgan fingerprint density at radius 2 is 1.77 bits per heavy atom. The molecule has 1 aromatic carbocycles. The van der Waals surface area contributed by atoms with E-state index in [4.69, 9.17) is 4.74 Å². The van der Waals surface area contributed by atoms with Gasteiger partial charge in [0.05, 0.1) is 0 Å². The Bertz CT molecular complexity index is 616. The van der Waals surface area contributed by atoms with Gasteiger partial charge in [0.15, 0.2) is 5.96 Å². The zero-order chi connectivity index (χ0) is 19.6. The Hall–Kier alpha value is -2.38. The quantitative estimate of drug-likeness (QED) is 0.392. The molecule has 1 amide bonds. The summed E-state index contributed by atoms with van der Waals surface area (Å²) in [4.78, 5) is 15.5. The van der Waals surface area contributed by atoms with Crippen LogP contribution in [-0.4, -0.2) is 44.3 Å². The summed E-state index contributed by atoms with van der Waals surface area (Å²) in [6, 6.07) is 3.41. The van der Waals surface area contributed by atoms with Crippen LogP contribution in [0.5, 0.6) is 0 Å². The molecule has 146 valence electrons. The average molecular weight is 370 g/mol. The van der Waals surface area contributed by atoms with Crippen molar-refractivity contribution in [2.24, 2.45) is 4.99 Å². The third-order valence-corrected chi connectivity index (χ3v) is 3.23. The summed E-state index contributed by atoms with van der Waals surface area (Å²) in [5, 5.41) is 8.78. The molecule has 0 heterocycles. The molecule has 0 saturated heterocycles. The number of amides is 1. The summed E-state index contributed by atoms with van der Waals surface area (Å²) < 4.78 is 31.8. The lowest BCUT2D eigenvalue weighted by atomic mass is 10.1. The van der Waals surface area contributed by atoms with Gasteiger partial charge >= 0.3 is 6.09 Å². The van der Waals surface area contributed by atoms with Crippen molar-refractivity contribution >= 4 is 12.1 Å². The SMILES string of the molecule is CN=C(NCCCNC(=O)OC(C)(C)C)NCCc1cc(F)ccc1F. The second-order valence-electron chi connectivity index (χ2n) is 6.69. The maximum Gasteiger partial charge on any atom is 0.407 e. The maximum atomic E-state index is 13.5. The lowest BCUT2D eigenvalue weighted by Crippen LogP contribution is -2.40. The molecule has 8 heteroatoms. The second-order valence-corrected chi connectivity index (χ2v) is 6.69. The van der Waals surface area contributed by atoms with Crippen LogP contribution in [-0.2, 0) is 11.2 Å².